The van der Waals surface area contributed by atoms with Crippen LogP contribution in [0.3, 0.4) is 0 Å². The maximum Gasteiger partial charge on any atom is 0.254 e. The zero-order chi connectivity index (χ0) is 11.6. The second kappa shape index (κ2) is 3.76. The fourth-order valence-corrected chi connectivity index (χ4v) is 1.04. The van der Waals surface area contributed by atoms with Crippen molar-refractivity contribution >= 4 is 5.91 Å². The van der Waals surface area contributed by atoms with E-state index in [1.807, 2.05) is 20.8 Å². The first-order chi connectivity index (χ1) is 6.79. The van der Waals surface area contributed by atoms with Crippen LogP contribution in [-0.4, -0.2) is 16.5 Å². The van der Waals surface area contributed by atoms with E-state index in [1.54, 1.807) is 0 Å². The molecule has 15 heavy (non-hydrogen) atoms. The van der Waals surface area contributed by atoms with Crippen LogP contribution in [0.2, 0.25) is 0 Å². The van der Waals surface area contributed by atoms with E-state index in [0.29, 0.717) is 0 Å². The lowest BCUT2D eigenvalue weighted by Crippen LogP contribution is -2.27. The topological polar surface area (TPSA) is 85.2 Å². The van der Waals surface area contributed by atoms with Crippen LogP contribution in [0.4, 0.5) is 0 Å². The first-order valence-corrected chi connectivity index (χ1v) is 4.52. The first-order valence-electron chi connectivity index (χ1n) is 4.52. The molecule has 0 aliphatic carbocycles. The van der Waals surface area contributed by atoms with Crippen molar-refractivity contribution in [3.05, 3.63) is 28.0 Å². The minimum atomic E-state index is -0.634. The molecule has 0 saturated carbocycles. The van der Waals surface area contributed by atoms with Gasteiger partial charge in [0, 0.05) is 6.07 Å². The molecular weight excluding hydrogens is 196 g/mol. The average molecular weight is 210 g/mol. The maximum absolute atomic E-state index is 11.1. The summed E-state index contributed by atoms with van der Waals surface area (Å²) in [5.74, 6) is -0.520. The molecule has 0 aliphatic heterocycles. The van der Waals surface area contributed by atoms with Crippen molar-refractivity contribution in [2.75, 3.05) is 0 Å². The van der Waals surface area contributed by atoms with Gasteiger partial charge in [-0.2, -0.15) is 0 Å². The van der Waals surface area contributed by atoms with Gasteiger partial charge in [-0.3, -0.25) is 14.6 Å². The number of aromatic nitrogens is 1. The molecule has 0 aromatic carbocycles. The molecule has 1 amide bonds. The van der Waals surface area contributed by atoms with Gasteiger partial charge in [-0.25, -0.2) is 0 Å². The summed E-state index contributed by atoms with van der Waals surface area (Å²) in [4.78, 5) is 24.5. The molecular formula is C10H14N2O3. The third kappa shape index (κ3) is 3.12. The summed E-state index contributed by atoms with van der Waals surface area (Å²) in [7, 11) is 0. The molecule has 1 rings (SSSR count). The van der Waals surface area contributed by atoms with Crippen LogP contribution in [0.15, 0.2) is 16.9 Å². The highest BCUT2D eigenvalue weighted by Crippen LogP contribution is 2.18. The lowest BCUT2D eigenvalue weighted by molar-refractivity contribution is 0.0970. The number of carbonyl (C=O) groups excluding carboxylic acids is 1. The molecule has 3 N–H and O–H groups in total. The van der Waals surface area contributed by atoms with E-state index < -0.39 is 11.5 Å². The van der Waals surface area contributed by atoms with Gasteiger partial charge in [0.05, 0.1) is 5.56 Å². The third-order valence-corrected chi connectivity index (χ3v) is 1.56. The van der Waals surface area contributed by atoms with Crippen molar-refractivity contribution in [2.24, 2.45) is 5.73 Å². The molecule has 1 aromatic rings. The number of ether oxygens (including phenoxy) is 1. The van der Waals surface area contributed by atoms with Crippen LogP contribution in [0.5, 0.6) is 5.88 Å². The Kier molecular flexibility index (Phi) is 2.83. The summed E-state index contributed by atoms with van der Waals surface area (Å²) in [5.41, 5.74) is 4.47. The van der Waals surface area contributed by atoms with Gasteiger partial charge in [-0.1, -0.05) is 0 Å². The van der Waals surface area contributed by atoms with Crippen molar-refractivity contribution in [1.29, 1.82) is 0 Å². The largest absolute Gasteiger partial charge is 0.473 e. The molecule has 1 aromatic heterocycles. The zero-order valence-electron chi connectivity index (χ0n) is 8.96. The van der Waals surface area contributed by atoms with Crippen molar-refractivity contribution in [3.8, 4) is 5.88 Å². The molecule has 0 bridgehead atoms. The van der Waals surface area contributed by atoms with Crippen LogP contribution < -0.4 is 16.0 Å². The van der Waals surface area contributed by atoms with Crippen LogP contribution in [0.1, 0.15) is 31.1 Å². The summed E-state index contributed by atoms with van der Waals surface area (Å²) in [5, 5.41) is 0. The highest BCUT2D eigenvalue weighted by Gasteiger charge is 2.17. The second-order valence-electron chi connectivity index (χ2n) is 4.14. The summed E-state index contributed by atoms with van der Waals surface area (Å²) >= 11 is 0. The van der Waals surface area contributed by atoms with Crippen LogP contribution >= 0.6 is 0 Å². The number of amides is 1. The highest BCUT2D eigenvalue weighted by atomic mass is 16.5. The van der Waals surface area contributed by atoms with Gasteiger partial charge in [0.25, 0.3) is 11.5 Å². The molecule has 0 spiro atoms. The number of primary amides is 1. The van der Waals surface area contributed by atoms with Gasteiger partial charge in [0.1, 0.15) is 5.60 Å². The normalized spacial score (nSPS) is 11.1. The molecule has 0 fully saturated rings. The SMILES string of the molecule is CC(C)(C)Oc1[nH]c(=O)ccc1C(N)=O. The number of aromatic amines is 1. The number of nitrogens with two attached hydrogens (primary N) is 1. The fraction of sp³-hybridized carbons (Fsp3) is 0.400. The van der Waals surface area contributed by atoms with E-state index in [4.69, 9.17) is 10.5 Å². The number of hydrogen-bond donors (Lipinski definition) is 2. The zero-order valence-corrected chi connectivity index (χ0v) is 8.96. The van der Waals surface area contributed by atoms with E-state index in [0.717, 1.165) is 0 Å². The molecule has 0 unspecified atom stereocenters. The number of pyridine rings is 1. The molecule has 0 aliphatic rings. The van der Waals surface area contributed by atoms with E-state index >= 15 is 0 Å². The standard InChI is InChI=1S/C10H14N2O3/c1-10(2,3)15-9-6(8(11)14)4-5-7(13)12-9/h4-5H,1-3H3,(H2,11,14)(H,12,13). The van der Waals surface area contributed by atoms with Gasteiger partial charge in [0.15, 0.2) is 0 Å². The van der Waals surface area contributed by atoms with Crippen LogP contribution in [-0.2, 0) is 0 Å². The van der Waals surface area contributed by atoms with E-state index in [2.05, 4.69) is 4.98 Å². The molecule has 0 saturated heterocycles. The Hall–Kier alpha value is -1.78. The van der Waals surface area contributed by atoms with Gasteiger partial charge < -0.3 is 10.5 Å². The lowest BCUT2D eigenvalue weighted by Gasteiger charge is -2.21. The molecule has 1 heterocycles. The quantitative estimate of drug-likeness (QED) is 0.751. The monoisotopic (exact) mass is 210 g/mol. The van der Waals surface area contributed by atoms with Crippen molar-refractivity contribution in [3.63, 3.8) is 0 Å². The Balaban J connectivity index is 3.19. The number of carbonyl (C=O) groups is 1. The van der Waals surface area contributed by atoms with Gasteiger partial charge in [0.2, 0.25) is 5.88 Å². The number of H-pyrrole nitrogens is 1. The Morgan fingerprint density at radius 3 is 2.47 bits per heavy atom. The third-order valence-electron chi connectivity index (χ3n) is 1.56. The number of rotatable bonds is 2. The lowest BCUT2D eigenvalue weighted by atomic mass is 10.2. The molecule has 82 valence electrons. The van der Waals surface area contributed by atoms with E-state index in [-0.39, 0.29) is 17.0 Å². The minimum absolute atomic E-state index is 0.113. The predicted molar refractivity (Wildman–Crippen MR) is 56.0 cm³/mol. The van der Waals surface area contributed by atoms with E-state index in [9.17, 15) is 9.59 Å². The van der Waals surface area contributed by atoms with E-state index in [1.165, 1.54) is 12.1 Å². The first kappa shape index (κ1) is 11.3. The summed E-state index contributed by atoms with van der Waals surface area (Å²) in [6, 6.07) is 2.58. The summed E-state index contributed by atoms with van der Waals surface area (Å²) in [6.07, 6.45) is 0. The molecule has 5 nitrogen and oxygen atoms in total. The Bertz CT molecular complexity index is 429. The predicted octanol–water partition coefficient (Wildman–Crippen LogP) is 0.651. The maximum atomic E-state index is 11.1. The minimum Gasteiger partial charge on any atom is -0.473 e. The van der Waals surface area contributed by atoms with Gasteiger partial charge >= 0.3 is 0 Å². The van der Waals surface area contributed by atoms with Gasteiger partial charge in [-0.05, 0) is 26.8 Å². The Morgan fingerprint density at radius 1 is 1.40 bits per heavy atom. The van der Waals surface area contributed by atoms with Crippen LogP contribution in [0, 0.1) is 0 Å². The highest BCUT2D eigenvalue weighted by molar-refractivity contribution is 5.94. The second-order valence-corrected chi connectivity index (χ2v) is 4.14. The van der Waals surface area contributed by atoms with Crippen molar-refractivity contribution in [2.45, 2.75) is 26.4 Å². The summed E-state index contributed by atoms with van der Waals surface area (Å²) in [6.45, 7) is 5.43. The Labute approximate surface area is 87.3 Å². The number of hydrogen-bond acceptors (Lipinski definition) is 3. The average Bonchev–Trinajstić information content (AvgIpc) is 1.99. The van der Waals surface area contributed by atoms with Gasteiger partial charge in [-0.15, -0.1) is 0 Å². The molecule has 5 heteroatoms. The molecule has 0 atom stereocenters. The van der Waals surface area contributed by atoms with Crippen molar-refractivity contribution < 1.29 is 9.53 Å². The summed E-state index contributed by atoms with van der Waals surface area (Å²) < 4.78 is 5.42. The molecule has 0 radical (unpaired) electrons. The number of nitrogens with one attached hydrogen (secondary N) is 1. The van der Waals surface area contributed by atoms with Crippen molar-refractivity contribution in [1.82, 2.24) is 4.98 Å². The smallest absolute Gasteiger partial charge is 0.254 e. The fourth-order valence-electron chi connectivity index (χ4n) is 1.04. The van der Waals surface area contributed by atoms with Crippen LogP contribution in [0.25, 0.3) is 0 Å². The Morgan fingerprint density at radius 2 is 2.00 bits per heavy atom.